The Balaban J connectivity index is 1.97. The molecule has 0 bridgehead atoms. The second kappa shape index (κ2) is 9.90. The molecule has 1 saturated carbocycles. The van der Waals surface area contributed by atoms with Crippen molar-refractivity contribution in [2.24, 2.45) is 5.92 Å². The number of aromatic nitrogens is 2. The number of thioether (sulfide) groups is 1. The third kappa shape index (κ3) is 5.69. The predicted octanol–water partition coefficient (Wildman–Crippen LogP) is 3.29. The molecule has 2 atom stereocenters. The van der Waals surface area contributed by atoms with Crippen LogP contribution in [0.2, 0.25) is 0 Å². The molecule has 1 aromatic rings. The number of aliphatic carboxylic acids is 1. The summed E-state index contributed by atoms with van der Waals surface area (Å²) in [6.07, 6.45) is 8.29. The molecule has 7 heteroatoms. The molecule has 1 amide bonds. The van der Waals surface area contributed by atoms with Crippen LogP contribution in [0.25, 0.3) is 0 Å². The highest BCUT2D eigenvalue weighted by Crippen LogP contribution is 2.23. The fraction of sp³-hybridized carbons (Fsp3) is 0.684. The lowest BCUT2D eigenvalue weighted by Crippen LogP contribution is -2.44. The zero-order chi connectivity index (χ0) is 19.1. The smallest absolute Gasteiger partial charge is 0.308 e. The molecule has 1 aliphatic rings. The average Bonchev–Trinajstić information content (AvgIpc) is 2.56. The summed E-state index contributed by atoms with van der Waals surface area (Å²) in [7, 11) is 0. The molecule has 1 aliphatic carbocycles. The van der Waals surface area contributed by atoms with E-state index < -0.39 is 11.9 Å². The molecular weight excluding hydrogens is 350 g/mol. The minimum Gasteiger partial charge on any atom is -0.481 e. The average molecular weight is 380 g/mol. The van der Waals surface area contributed by atoms with Crippen LogP contribution in [-0.2, 0) is 16.0 Å². The first-order chi connectivity index (χ1) is 12.4. The first kappa shape index (κ1) is 20.7. The van der Waals surface area contributed by atoms with E-state index in [1.807, 2.05) is 20.1 Å². The molecular formula is C19H29N3O3S. The van der Waals surface area contributed by atoms with Crippen molar-refractivity contribution >= 4 is 23.6 Å². The van der Waals surface area contributed by atoms with E-state index in [0.717, 1.165) is 54.2 Å². The normalized spacial score (nSPS) is 20.9. The highest BCUT2D eigenvalue weighted by Gasteiger charge is 2.29. The lowest BCUT2D eigenvalue weighted by molar-refractivity contribution is -0.143. The summed E-state index contributed by atoms with van der Waals surface area (Å²) in [6.45, 7) is 3.88. The molecule has 144 valence electrons. The van der Waals surface area contributed by atoms with Gasteiger partial charge in [-0.15, -0.1) is 0 Å². The number of nitrogens with one attached hydrogen (secondary N) is 1. The number of carbonyl (C=O) groups is 2. The van der Waals surface area contributed by atoms with Gasteiger partial charge in [0, 0.05) is 23.9 Å². The van der Waals surface area contributed by atoms with Crippen LogP contribution in [0.1, 0.15) is 61.9 Å². The number of carboxylic acid groups (broad SMARTS) is 1. The highest BCUT2D eigenvalue weighted by atomic mass is 32.2. The fourth-order valence-corrected chi connectivity index (χ4v) is 4.09. The number of hydrogen-bond acceptors (Lipinski definition) is 5. The number of rotatable bonds is 6. The predicted molar refractivity (Wildman–Crippen MR) is 102 cm³/mol. The standard InChI is InChI=1S/C19H29N3O3S/c1-12-14(13(2)21-19(20-12)26-3)10-11-17(23)22-16-9-7-5-4-6-8-15(16)18(24)25/h15-16H,4-11H2,1-3H3,(H,22,23)(H,24,25). The summed E-state index contributed by atoms with van der Waals surface area (Å²) >= 11 is 1.50. The topological polar surface area (TPSA) is 92.2 Å². The summed E-state index contributed by atoms with van der Waals surface area (Å²) in [6, 6.07) is -0.266. The Labute approximate surface area is 159 Å². The zero-order valence-electron chi connectivity index (χ0n) is 15.9. The van der Waals surface area contributed by atoms with Crippen LogP contribution < -0.4 is 5.32 Å². The van der Waals surface area contributed by atoms with Gasteiger partial charge in [-0.25, -0.2) is 9.97 Å². The SMILES string of the molecule is CSc1nc(C)c(CCC(=O)NC2CCCCCCC2C(=O)O)c(C)n1. The molecule has 2 unspecified atom stereocenters. The van der Waals surface area contributed by atoms with Gasteiger partial charge < -0.3 is 10.4 Å². The summed E-state index contributed by atoms with van der Waals surface area (Å²) in [5.41, 5.74) is 2.82. The van der Waals surface area contributed by atoms with E-state index in [-0.39, 0.29) is 11.9 Å². The Kier molecular flexibility index (Phi) is 7.87. The Hall–Kier alpha value is -1.63. The largest absolute Gasteiger partial charge is 0.481 e. The Morgan fingerprint density at radius 1 is 1.12 bits per heavy atom. The van der Waals surface area contributed by atoms with E-state index in [2.05, 4.69) is 15.3 Å². The van der Waals surface area contributed by atoms with E-state index >= 15 is 0 Å². The minimum absolute atomic E-state index is 0.0884. The lowest BCUT2D eigenvalue weighted by Gasteiger charge is -2.27. The van der Waals surface area contributed by atoms with Crippen molar-refractivity contribution in [1.29, 1.82) is 0 Å². The first-order valence-corrected chi connectivity index (χ1v) is 10.5. The second-order valence-corrected chi connectivity index (χ2v) is 7.74. The van der Waals surface area contributed by atoms with Crippen molar-refractivity contribution in [1.82, 2.24) is 15.3 Å². The van der Waals surface area contributed by atoms with E-state index in [0.29, 0.717) is 19.3 Å². The van der Waals surface area contributed by atoms with Crippen molar-refractivity contribution in [2.75, 3.05) is 6.26 Å². The maximum absolute atomic E-state index is 12.4. The van der Waals surface area contributed by atoms with Crippen molar-refractivity contribution in [3.05, 3.63) is 17.0 Å². The van der Waals surface area contributed by atoms with Gasteiger partial charge in [0.1, 0.15) is 0 Å². The summed E-state index contributed by atoms with van der Waals surface area (Å²) in [5, 5.41) is 13.2. The number of carboxylic acids is 1. The van der Waals surface area contributed by atoms with Crippen molar-refractivity contribution < 1.29 is 14.7 Å². The van der Waals surface area contributed by atoms with Gasteiger partial charge in [0.25, 0.3) is 0 Å². The molecule has 6 nitrogen and oxygen atoms in total. The number of hydrogen-bond donors (Lipinski definition) is 2. The van der Waals surface area contributed by atoms with E-state index in [9.17, 15) is 14.7 Å². The van der Waals surface area contributed by atoms with Crippen molar-refractivity contribution in [3.63, 3.8) is 0 Å². The maximum Gasteiger partial charge on any atom is 0.308 e. The molecule has 0 aliphatic heterocycles. The lowest BCUT2D eigenvalue weighted by atomic mass is 9.86. The third-order valence-corrected chi connectivity index (χ3v) is 5.66. The van der Waals surface area contributed by atoms with Crippen LogP contribution in [-0.4, -0.2) is 39.2 Å². The third-order valence-electron chi connectivity index (χ3n) is 5.11. The Morgan fingerprint density at radius 3 is 2.31 bits per heavy atom. The van der Waals surface area contributed by atoms with Crippen molar-refractivity contribution in [2.45, 2.75) is 76.4 Å². The van der Waals surface area contributed by atoms with Crippen LogP contribution >= 0.6 is 11.8 Å². The van der Waals surface area contributed by atoms with Gasteiger partial charge in [0.15, 0.2) is 5.16 Å². The van der Waals surface area contributed by atoms with Gasteiger partial charge in [0.05, 0.1) is 5.92 Å². The molecule has 1 fully saturated rings. The van der Waals surface area contributed by atoms with Crippen LogP contribution in [0.15, 0.2) is 5.16 Å². The number of nitrogens with zero attached hydrogens (tertiary/aromatic N) is 2. The van der Waals surface area contributed by atoms with Crippen LogP contribution in [0.4, 0.5) is 0 Å². The first-order valence-electron chi connectivity index (χ1n) is 9.32. The Morgan fingerprint density at radius 2 is 1.73 bits per heavy atom. The monoisotopic (exact) mass is 379 g/mol. The van der Waals surface area contributed by atoms with E-state index in [1.54, 1.807) is 0 Å². The molecule has 1 aromatic heterocycles. The van der Waals surface area contributed by atoms with Gasteiger partial charge in [-0.3, -0.25) is 9.59 Å². The highest BCUT2D eigenvalue weighted by molar-refractivity contribution is 7.98. The molecule has 0 radical (unpaired) electrons. The molecule has 2 N–H and O–H groups in total. The Bertz CT molecular complexity index is 628. The number of aryl methyl sites for hydroxylation is 2. The van der Waals surface area contributed by atoms with Crippen LogP contribution in [0, 0.1) is 19.8 Å². The molecule has 0 saturated heterocycles. The van der Waals surface area contributed by atoms with Gasteiger partial charge in [0.2, 0.25) is 5.91 Å². The fourth-order valence-electron chi connectivity index (χ4n) is 3.63. The van der Waals surface area contributed by atoms with E-state index in [1.165, 1.54) is 11.8 Å². The number of carbonyl (C=O) groups excluding carboxylic acids is 1. The molecule has 2 rings (SSSR count). The summed E-state index contributed by atoms with van der Waals surface area (Å²) in [5.74, 6) is -1.37. The van der Waals surface area contributed by atoms with Gasteiger partial charge in [-0.1, -0.05) is 37.4 Å². The van der Waals surface area contributed by atoms with Crippen LogP contribution in [0.5, 0.6) is 0 Å². The van der Waals surface area contributed by atoms with E-state index in [4.69, 9.17) is 0 Å². The summed E-state index contributed by atoms with van der Waals surface area (Å²) in [4.78, 5) is 32.9. The second-order valence-electron chi connectivity index (χ2n) is 6.97. The number of amides is 1. The van der Waals surface area contributed by atoms with Gasteiger partial charge in [-0.05, 0) is 44.9 Å². The molecule has 0 spiro atoms. The van der Waals surface area contributed by atoms with Gasteiger partial charge >= 0.3 is 5.97 Å². The van der Waals surface area contributed by atoms with Crippen LogP contribution in [0.3, 0.4) is 0 Å². The minimum atomic E-state index is -0.801. The van der Waals surface area contributed by atoms with Crippen molar-refractivity contribution in [3.8, 4) is 0 Å². The maximum atomic E-state index is 12.4. The molecule has 1 heterocycles. The van der Waals surface area contributed by atoms with Gasteiger partial charge in [-0.2, -0.15) is 0 Å². The molecule has 26 heavy (non-hydrogen) atoms. The zero-order valence-corrected chi connectivity index (χ0v) is 16.7. The molecule has 0 aromatic carbocycles. The summed E-state index contributed by atoms with van der Waals surface area (Å²) < 4.78 is 0. The quantitative estimate of drug-likeness (QED) is 0.582.